The molecule has 0 saturated carbocycles. The summed E-state index contributed by atoms with van der Waals surface area (Å²) in [6.07, 6.45) is -1.03. The van der Waals surface area contributed by atoms with E-state index in [1.54, 1.807) is 55.7 Å². The molecule has 1 aromatic carbocycles. The smallest absolute Gasteiger partial charge is 0.339 e. The number of aromatic nitrogens is 2. The number of carbonyl (C=O) groups is 2. The lowest BCUT2D eigenvalue weighted by molar-refractivity contribution is -0.123. The van der Waals surface area contributed by atoms with Crippen LogP contribution in [0.15, 0.2) is 40.9 Å². The maximum absolute atomic E-state index is 13.1. The highest BCUT2D eigenvalue weighted by Crippen LogP contribution is 2.33. The number of pyridine rings is 1. The topological polar surface area (TPSA) is 104 Å². The molecule has 4 rings (SSSR count). The van der Waals surface area contributed by atoms with Gasteiger partial charge in [0.25, 0.3) is 11.6 Å². The van der Waals surface area contributed by atoms with Gasteiger partial charge in [-0.05, 0) is 64.1 Å². The van der Waals surface area contributed by atoms with Crippen molar-refractivity contribution >= 4 is 40.0 Å². The Kier molecular flexibility index (Phi) is 6.15. The van der Waals surface area contributed by atoms with Crippen molar-refractivity contribution in [1.29, 1.82) is 0 Å². The number of benzene rings is 1. The second-order valence-corrected chi connectivity index (χ2v) is 9.06. The first-order chi connectivity index (χ1) is 15.8. The highest BCUT2D eigenvalue weighted by atomic mass is 32.1. The van der Waals surface area contributed by atoms with Crippen LogP contribution in [0.5, 0.6) is 5.75 Å². The normalized spacial score (nSPS) is 11.9. The first kappa shape index (κ1) is 22.5. The molecule has 170 valence electrons. The van der Waals surface area contributed by atoms with E-state index in [-0.39, 0.29) is 11.3 Å². The van der Waals surface area contributed by atoms with Crippen molar-refractivity contribution in [3.63, 3.8) is 0 Å². The average Bonchev–Trinajstić information content (AvgIpc) is 3.34. The van der Waals surface area contributed by atoms with Crippen LogP contribution in [0.4, 0.5) is 5.69 Å². The maximum atomic E-state index is 13.1. The van der Waals surface area contributed by atoms with E-state index in [4.69, 9.17) is 14.0 Å². The molecule has 0 aliphatic carbocycles. The van der Waals surface area contributed by atoms with Crippen LogP contribution in [-0.2, 0) is 9.53 Å². The third-order valence-electron chi connectivity index (χ3n) is 5.16. The van der Waals surface area contributed by atoms with Crippen molar-refractivity contribution in [3.8, 4) is 17.0 Å². The van der Waals surface area contributed by atoms with E-state index in [0.717, 1.165) is 15.3 Å². The summed E-state index contributed by atoms with van der Waals surface area (Å²) in [5.41, 5.74) is 3.08. The second kappa shape index (κ2) is 9.03. The Balaban J connectivity index is 1.59. The number of amides is 1. The maximum Gasteiger partial charge on any atom is 0.339 e. The van der Waals surface area contributed by atoms with Gasteiger partial charge in [-0.2, -0.15) is 0 Å². The van der Waals surface area contributed by atoms with Crippen molar-refractivity contribution in [3.05, 3.63) is 57.4 Å². The minimum absolute atomic E-state index is 0.246. The molecule has 1 atom stereocenters. The van der Waals surface area contributed by atoms with E-state index >= 15 is 0 Å². The highest BCUT2D eigenvalue weighted by molar-refractivity contribution is 7.12. The summed E-state index contributed by atoms with van der Waals surface area (Å²) < 4.78 is 16.0. The molecule has 4 aromatic rings. The number of methoxy groups -OCH3 is 1. The monoisotopic (exact) mass is 465 g/mol. The lowest BCUT2D eigenvalue weighted by atomic mass is 10.1. The minimum atomic E-state index is -1.03. The van der Waals surface area contributed by atoms with Crippen molar-refractivity contribution in [2.24, 2.45) is 0 Å². The number of esters is 1. The van der Waals surface area contributed by atoms with Crippen molar-refractivity contribution in [1.82, 2.24) is 10.1 Å². The molecule has 3 heterocycles. The molecule has 1 amide bonds. The molecule has 0 spiro atoms. The minimum Gasteiger partial charge on any atom is -0.497 e. The number of fused-ring (bicyclic) bond motifs is 1. The number of aryl methyl sites for hydroxylation is 3. The fraction of sp³-hybridized carbons (Fsp3) is 0.250. The van der Waals surface area contributed by atoms with Gasteiger partial charge in [0.1, 0.15) is 5.75 Å². The fourth-order valence-corrected chi connectivity index (χ4v) is 4.41. The summed E-state index contributed by atoms with van der Waals surface area (Å²) in [6, 6.07) is 10.5. The lowest BCUT2D eigenvalue weighted by Crippen LogP contribution is -2.30. The van der Waals surface area contributed by atoms with Gasteiger partial charge < -0.3 is 19.3 Å². The quantitative estimate of drug-likeness (QED) is 0.397. The first-order valence-electron chi connectivity index (χ1n) is 10.3. The number of rotatable bonds is 6. The summed E-state index contributed by atoms with van der Waals surface area (Å²) in [7, 11) is 1.56. The van der Waals surface area contributed by atoms with Crippen molar-refractivity contribution < 1.29 is 23.6 Å². The third-order valence-corrected chi connectivity index (χ3v) is 6.13. The Morgan fingerprint density at radius 3 is 2.48 bits per heavy atom. The molecule has 3 aromatic heterocycles. The summed E-state index contributed by atoms with van der Waals surface area (Å²) in [5, 5.41) is 7.15. The van der Waals surface area contributed by atoms with Gasteiger partial charge in [0, 0.05) is 21.0 Å². The molecule has 0 aliphatic rings. The molecule has 9 heteroatoms. The molecule has 33 heavy (non-hydrogen) atoms. The Hall–Kier alpha value is -3.72. The van der Waals surface area contributed by atoms with Gasteiger partial charge in [0.15, 0.2) is 6.10 Å². The summed E-state index contributed by atoms with van der Waals surface area (Å²) >= 11 is 1.64. The van der Waals surface area contributed by atoms with Crippen LogP contribution in [0.2, 0.25) is 0 Å². The average molecular weight is 466 g/mol. The van der Waals surface area contributed by atoms with E-state index in [1.807, 2.05) is 19.9 Å². The molecule has 0 bridgehead atoms. The van der Waals surface area contributed by atoms with Gasteiger partial charge in [0.05, 0.1) is 29.4 Å². The zero-order valence-corrected chi connectivity index (χ0v) is 19.7. The van der Waals surface area contributed by atoms with E-state index in [2.05, 4.69) is 15.5 Å². The molecule has 0 radical (unpaired) electrons. The lowest BCUT2D eigenvalue weighted by Gasteiger charge is -2.14. The molecule has 1 N–H and O–H groups in total. The standard InChI is InChI=1S/C24H23N3O5S/c1-12-10-18(15(4)33-12)20-11-19(21-13(2)27-32-23(21)26-20)24(29)31-14(3)22(28)25-16-6-8-17(30-5)9-7-16/h6-11,14H,1-5H3,(H,25,28). The Morgan fingerprint density at radius 1 is 1.12 bits per heavy atom. The molecule has 0 saturated heterocycles. The van der Waals surface area contributed by atoms with Crippen molar-refractivity contribution in [2.45, 2.75) is 33.8 Å². The van der Waals surface area contributed by atoms with E-state index in [9.17, 15) is 9.59 Å². The zero-order chi connectivity index (χ0) is 23.7. The number of thiophene rings is 1. The number of hydrogen-bond donors (Lipinski definition) is 1. The SMILES string of the molecule is COc1ccc(NC(=O)C(C)OC(=O)c2cc(-c3cc(C)sc3C)nc3onc(C)c23)cc1. The Labute approximate surface area is 194 Å². The summed E-state index contributed by atoms with van der Waals surface area (Å²) in [5.74, 6) is -0.438. The molecule has 1 unspecified atom stereocenters. The van der Waals surface area contributed by atoms with Gasteiger partial charge in [-0.25, -0.2) is 9.78 Å². The van der Waals surface area contributed by atoms with Gasteiger partial charge in [-0.1, -0.05) is 5.16 Å². The van der Waals surface area contributed by atoms with Gasteiger partial charge in [0.2, 0.25) is 0 Å². The number of carbonyl (C=O) groups excluding carboxylic acids is 2. The van der Waals surface area contributed by atoms with Gasteiger partial charge >= 0.3 is 5.97 Å². The van der Waals surface area contributed by atoms with E-state index in [1.165, 1.54) is 6.92 Å². The zero-order valence-electron chi connectivity index (χ0n) is 18.9. The number of ether oxygens (including phenoxy) is 2. The van der Waals surface area contributed by atoms with E-state index in [0.29, 0.717) is 28.2 Å². The van der Waals surface area contributed by atoms with Crippen LogP contribution in [0, 0.1) is 20.8 Å². The van der Waals surface area contributed by atoms with Gasteiger partial charge in [-0.15, -0.1) is 11.3 Å². The third kappa shape index (κ3) is 4.58. The van der Waals surface area contributed by atoms with Crippen LogP contribution in [0.3, 0.4) is 0 Å². The second-order valence-electron chi connectivity index (χ2n) is 7.60. The Bertz CT molecular complexity index is 1340. The fourth-order valence-electron chi connectivity index (χ4n) is 3.47. The predicted octanol–water partition coefficient (Wildman–Crippen LogP) is 5.07. The van der Waals surface area contributed by atoms with E-state index < -0.39 is 18.0 Å². The number of anilines is 1. The molecule has 8 nitrogen and oxygen atoms in total. The number of hydrogen-bond acceptors (Lipinski definition) is 8. The Morgan fingerprint density at radius 2 is 1.85 bits per heavy atom. The highest BCUT2D eigenvalue weighted by Gasteiger charge is 2.25. The summed E-state index contributed by atoms with van der Waals surface area (Å²) in [4.78, 5) is 32.5. The molecular weight excluding hydrogens is 442 g/mol. The van der Waals surface area contributed by atoms with Crippen LogP contribution in [0.25, 0.3) is 22.4 Å². The molecular formula is C24H23N3O5S. The number of nitrogens with one attached hydrogen (secondary N) is 1. The predicted molar refractivity (Wildman–Crippen MR) is 126 cm³/mol. The molecule has 0 fully saturated rings. The molecule has 0 aliphatic heterocycles. The largest absolute Gasteiger partial charge is 0.497 e. The first-order valence-corrected chi connectivity index (χ1v) is 11.1. The van der Waals surface area contributed by atoms with Crippen LogP contribution >= 0.6 is 11.3 Å². The van der Waals surface area contributed by atoms with Crippen LogP contribution in [0.1, 0.15) is 32.7 Å². The van der Waals surface area contributed by atoms with Crippen LogP contribution < -0.4 is 10.1 Å². The summed E-state index contributed by atoms with van der Waals surface area (Å²) in [6.45, 7) is 7.25. The van der Waals surface area contributed by atoms with Crippen LogP contribution in [-0.4, -0.2) is 35.2 Å². The van der Waals surface area contributed by atoms with Gasteiger partial charge in [-0.3, -0.25) is 4.79 Å². The number of nitrogens with zero attached hydrogens (tertiary/aromatic N) is 2. The van der Waals surface area contributed by atoms with Crippen molar-refractivity contribution in [2.75, 3.05) is 12.4 Å².